The van der Waals surface area contributed by atoms with Crippen molar-refractivity contribution in [2.45, 2.75) is 19.1 Å². The molecule has 1 heterocycles. The second kappa shape index (κ2) is 6.91. The second-order valence-electron chi connectivity index (χ2n) is 5.31. The Bertz CT molecular complexity index is 803. The molecule has 2 aromatic rings. The molecule has 1 amide bonds. The van der Waals surface area contributed by atoms with Crippen LogP contribution in [0, 0.1) is 11.6 Å². The summed E-state index contributed by atoms with van der Waals surface area (Å²) in [5.74, 6) is -2.92. The van der Waals surface area contributed by atoms with Crippen molar-refractivity contribution in [2.75, 3.05) is 10.6 Å². The standard InChI is InChI=1S/C15H13ClF5N3O/c1-7(15(19,20)21)22-8-5-11(24(2)6-8)14(25)23-10-4-3-9(17)12(16)13(10)18/h3-7,22H,1-2H3,(H,23,25)/t7-/m1/s1. The van der Waals surface area contributed by atoms with E-state index in [-0.39, 0.29) is 17.1 Å². The Balaban J connectivity index is 2.19. The summed E-state index contributed by atoms with van der Waals surface area (Å²) in [6.45, 7) is 0.933. The fourth-order valence-corrected chi connectivity index (χ4v) is 2.17. The predicted octanol–water partition coefficient (Wildman–Crippen LogP) is 4.57. The lowest BCUT2D eigenvalue weighted by molar-refractivity contribution is -0.138. The summed E-state index contributed by atoms with van der Waals surface area (Å²) in [5, 5.41) is 3.64. The van der Waals surface area contributed by atoms with Crippen LogP contribution in [-0.2, 0) is 7.05 Å². The lowest BCUT2D eigenvalue weighted by Crippen LogP contribution is -2.32. The fourth-order valence-electron chi connectivity index (χ4n) is 2.01. The number of rotatable bonds is 4. The third kappa shape index (κ3) is 4.22. The molecule has 4 nitrogen and oxygen atoms in total. The van der Waals surface area contributed by atoms with Crippen LogP contribution >= 0.6 is 11.6 Å². The molecule has 2 N–H and O–H groups in total. The van der Waals surface area contributed by atoms with Crippen LogP contribution in [0.5, 0.6) is 0 Å². The minimum absolute atomic E-state index is 0.0308. The highest BCUT2D eigenvalue weighted by molar-refractivity contribution is 6.31. The predicted molar refractivity (Wildman–Crippen MR) is 83.9 cm³/mol. The van der Waals surface area contributed by atoms with Crippen LogP contribution < -0.4 is 10.6 Å². The van der Waals surface area contributed by atoms with E-state index >= 15 is 0 Å². The number of anilines is 2. The van der Waals surface area contributed by atoms with E-state index in [9.17, 15) is 26.7 Å². The molecular weight excluding hydrogens is 369 g/mol. The van der Waals surface area contributed by atoms with Gasteiger partial charge in [-0.2, -0.15) is 13.2 Å². The third-order valence-electron chi connectivity index (χ3n) is 3.40. The molecule has 0 unspecified atom stereocenters. The third-order valence-corrected chi connectivity index (χ3v) is 3.74. The molecule has 0 aliphatic carbocycles. The normalized spacial score (nSPS) is 12.8. The zero-order valence-corrected chi connectivity index (χ0v) is 13.8. The first kappa shape index (κ1) is 19.0. The van der Waals surface area contributed by atoms with Crippen LogP contribution in [0.25, 0.3) is 0 Å². The van der Waals surface area contributed by atoms with Crippen LogP contribution in [0.1, 0.15) is 17.4 Å². The molecule has 0 aliphatic heterocycles. The van der Waals surface area contributed by atoms with Gasteiger partial charge in [0.1, 0.15) is 22.6 Å². The van der Waals surface area contributed by atoms with Crippen LogP contribution in [0.2, 0.25) is 5.02 Å². The number of benzene rings is 1. The first-order valence-electron chi connectivity index (χ1n) is 6.95. The number of amides is 1. The quantitative estimate of drug-likeness (QED) is 0.602. The Morgan fingerprint density at radius 2 is 1.92 bits per heavy atom. The van der Waals surface area contributed by atoms with Crippen molar-refractivity contribution in [3.63, 3.8) is 0 Å². The van der Waals surface area contributed by atoms with Crippen molar-refractivity contribution in [1.82, 2.24) is 4.57 Å². The average Bonchev–Trinajstić information content (AvgIpc) is 2.87. The van der Waals surface area contributed by atoms with Crippen molar-refractivity contribution in [1.29, 1.82) is 0 Å². The zero-order valence-electron chi connectivity index (χ0n) is 13.0. The van der Waals surface area contributed by atoms with Gasteiger partial charge in [-0.15, -0.1) is 0 Å². The topological polar surface area (TPSA) is 46.1 Å². The summed E-state index contributed by atoms with van der Waals surface area (Å²) in [6, 6.07) is 1.23. The number of carbonyl (C=O) groups excluding carboxylic acids is 1. The number of halogens is 6. The Kier molecular flexibility index (Phi) is 5.26. The highest BCUT2D eigenvalue weighted by Gasteiger charge is 2.36. The Morgan fingerprint density at radius 1 is 1.28 bits per heavy atom. The van der Waals surface area contributed by atoms with Crippen LogP contribution in [0.3, 0.4) is 0 Å². The summed E-state index contributed by atoms with van der Waals surface area (Å²) >= 11 is 5.42. The van der Waals surface area contributed by atoms with Crippen molar-refractivity contribution < 1.29 is 26.7 Å². The molecule has 0 aliphatic rings. The fraction of sp³-hybridized carbons (Fsp3) is 0.267. The van der Waals surface area contributed by atoms with E-state index in [0.717, 1.165) is 19.1 Å². The monoisotopic (exact) mass is 381 g/mol. The highest BCUT2D eigenvalue weighted by atomic mass is 35.5. The van der Waals surface area contributed by atoms with Gasteiger partial charge in [-0.3, -0.25) is 4.79 Å². The zero-order chi connectivity index (χ0) is 18.9. The summed E-state index contributed by atoms with van der Waals surface area (Å²) < 4.78 is 65.9. The SMILES string of the molecule is C[C@@H](Nc1cc(C(=O)Nc2ccc(F)c(Cl)c2F)n(C)c1)C(F)(F)F. The van der Waals surface area contributed by atoms with E-state index in [1.54, 1.807) is 0 Å². The van der Waals surface area contributed by atoms with Gasteiger partial charge in [0.2, 0.25) is 0 Å². The molecule has 10 heteroatoms. The number of alkyl halides is 3. The molecule has 0 fully saturated rings. The number of aryl methyl sites for hydroxylation is 1. The molecule has 0 bridgehead atoms. The molecule has 1 aromatic heterocycles. The lowest BCUT2D eigenvalue weighted by Gasteiger charge is -2.17. The Morgan fingerprint density at radius 3 is 2.52 bits per heavy atom. The van der Waals surface area contributed by atoms with Gasteiger partial charge in [0.25, 0.3) is 5.91 Å². The average molecular weight is 382 g/mol. The van der Waals surface area contributed by atoms with Gasteiger partial charge >= 0.3 is 6.18 Å². The Hall–Kier alpha value is -2.29. The highest BCUT2D eigenvalue weighted by Crippen LogP contribution is 2.27. The first-order chi connectivity index (χ1) is 11.5. The number of nitrogens with one attached hydrogen (secondary N) is 2. The van der Waals surface area contributed by atoms with Gasteiger partial charge in [-0.25, -0.2) is 8.78 Å². The van der Waals surface area contributed by atoms with E-state index < -0.39 is 34.8 Å². The van der Waals surface area contributed by atoms with E-state index in [0.29, 0.717) is 0 Å². The smallest absolute Gasteiger partial charge is 0.373 e. The molecule has 1 atom stereocenters. The molecule has 0 radical (unpaired) electrons. The van der Waals surface area contributed by atoms with Gasteiger partial charge in [-0.1, -0.05) is 11.6 Å². The molecular formula is C15H13ClF5N3O. The molecule has 0 saturated carbocycles. The minimum Gasteiger partial charge on any atom is -0.373 e. The summed E-state index contributed by atoms with van der Waals surface area (Å²) in [5.41, 5.74) is -0.317. The van der Waals surface area contributed by atoms with Gasteiger partial charge in [0.05, 0.1) is 11.4 Å². The maximum absolute atomic E-state index is 13.8. The van der Waals surface area contributed by atoms with Crippen LogP contribution in [0.4, 0.5) is 33.3 Å². The summed E-state index contributed by atoms with van der Waals surface area (Å²) in [7, 11) is 1.44. The molecule has 25 heavy (non-hydrogen) atoms. The van der Waals surface area contributed by atoms with Crippen molar-refractivity contribution in [3.8, 4) is 0 Å². The van der Waals surface area contributed by atoms with Crippen LogP contribution in [0.15, 0.2) is 24.4 Å². The first-order valence-corrected chi connectivity index (χ1v) is 7.33. The maximum Gasteiger partial charge on any atom is 0.408 e. The van der Waals surface area contributed by atoms with E-state index in [2.05, 4.69) is 10.6 Å². The van der Waals surface area contributed by atoms with Crippen molar-refractivity contribution >= 4 is 28.9 Å². The van der Waals surface area contributed by atoms with Crippen LogP contribution in [-0.4, -0.2) is 22.7 Å². The second-order valence-corrected chi connectivity index (χ2v) is 5.69. The molecule has 0 spiro atoms. The maximum atomic E-state index is 13.8. The minimum atomic E-state index is -4.45. The van der Waals surface area contributed by atoms with Gasteiger partial charge in [0, 0.05) is 13.2 Å². The van der Waals surface area contributed by atoms with Crippen molar-refractivity contribution in [3.05, 3.63) is 46.7 Å². The van der Waals surface area contributed by atoms with Crippen molar-refractivity contribution in [2.24, 2.45) is 7.05 Å². The van der Waals surface area contributed by atoms with E-state index in [1.807, 2.05) is 0 Å². The molecule has 2 rings (SSSR count). The Labute approximate surface area is 144 Å². The van der Waals surface area contributed by atoms with E-state index in [1.165, 1.54) is 23.9 Å². The van der Waals surface area contributed by atoms with E-state index in [4.69, 9.17) is 11.6 Å². The number of aromatic nitrogens is 1. The van der Waals surface area contributed by atoms with Gasteiger partial charge in [0.15, 0.2) is 5.82 Å². The number of carbonyl (C=O) groups is 1. The lowest BCUT2D eigenvalue weighted by atomic mass is 10.2. The largest absolute Gasteiger partial charge is 0.408 e. The summed E-state index contributed by atoms with van der Waals surface area (Å²) in [6.07, 6.45) is -3.17. The van der Waals surface area contributed by atoms with Gasteiger partial charge in [-0.05, 0) is 25.1 Å². The summed E-state index contributed by atoms with van der Waals surface area (Å²) in [4.78, 5) is 12.2. The molecule has 0 saturated heterocycles. The number of hydrogen-bond donors (Lipinski definition) is 2. The van der Waals surface area contributed by atoms with Gasteiger partial charge < -0.3 is 15.2 Å². The number of hydrogen-bond acceptors (Lipinski definition) is 2. The molecule has 1 aromatic carbocycles. The molecule has 136 valence electrons. The number of nitrogens with zero attached hydrogens (tertiary/aromatic N) is 1.